The summed E-state index contributed by atoms with van der Waals surface area (Å²) in [5, 5.41) is 8.68. The lowest BCUT2D eigenvalue weighted by Gasteiger charge is -2.02. The smallest absolute Gasteiger partial charge is 0.0873 e. The van der Waals surface area contributed by atoms with Gasteiger partial charge in [0, 0.05) is 6.61 Å². The minimum atomic E-state index is 0.344. The van der Waals surface area contributed by atoms with Crippen molar-refractivity contribution in [3.05, 3.63) is 24.5 Å². The molecular formula is C21H40O2. The molecule has 0 amide bonds. The van der Waals surface area contributed by atoms with E-state index in [9.17, 15) is 0 Å². The molecule has 2 heteroatoms. The summed E-state index contributed by atoms with van der Waals surface area (Å²) >= 11 is 0. The molecule has 0 radical (unpaired) electrons. The molecule has 0 aliphatic heterocycles. The first-order chi connectivity index (χ1) is 11.4. The molecular weight excluding hydrogens is 284 g/mol. The van der Waals surface area contributed by atoms with E-state index in [-0.39, 0.29) is 0 Å². The highest BCUT2D eigenvalue weighted by Gasteiger charge is 1.91. The van der Waals surface area contributed by atoms with E-state index in [2.05, 4.69) is 25.2 Å². The van der Waals surface area contributed by atoms with Crippen molar-refractivity contribution in [2.75, 3.05) is 13.2 Å². The number of ether oxygens (including phenoxy) is 1. The van der Waals surface area contributed by atoms with Gasteiger partial charge in [-0.3, -0.25) is 0 Å². The van der Waals surface area contributed by atoms with Gasteiger partial charge in [0.15, 0.2) is 0 Å². The number of aliphatic hydroxyl groups is 1. The molecule has 0 atom stereocenters. The van der Waals surface area contributed by atoms with Crippen LogP contribution in [0.4, 0.5) is 0 Å². The topological polar surface area (TPSA) is 29.5 Å². The van der Waals surface area contributed by atoms with Gasteiger partial charge in [-0.1, -0.05) is 63.5 Å². The maximum Gasteiger partial charge on any atom is 0.0873 e. The second kappa shape index (κ2) is 21.2. The first-order valence-electron chi connectivity index (χ1n) is 9.90. The van der Waals surface area contributed by atoms with Crippen molar-refractivity contribution < 1.29 is 9.84 Å². The Hall–Kier alpha value is -0.760. The fourth-order valence-electron chi connectivity index (χ4n) is 2.61. The van der Waals surface area contributed by atoms with E-state index in [1.54, 1.807) is 0 Å². The van der Waals surface area contributed by atoms with Crippen molar-refractivity contribution in [1.82, 2.24) is 0 Å². The monoisotopic (exact) mass is 324 g/mol. The van der Waals surface area contributed by atoms with Gasteiger partial charge in [-0.15, -0.1) is 0 Å². The van der Waals surface area contributed by atoms with E-state index in [1.807, 2.05) is 6.26 Å². The largest absolute Gasteiger partial charge is 0.502 e. The molecule has 0 rings (SSSR count). The lowest BCUT2D eigenvalue weighted by molar-refractivity contribution is 0.239. The van der Waals surface area contributed by atoms with Crippen molar-refractivity contribution in [2.24, 2.45) is 0 Å². The molecule has 0 heterocycles. The first-order valence-corrected chi connectivity index (χ1v) is 9.90. The Kier molecular flexibility index (Phi) is 20.5. The van der Waals surface area contributed by atoms with Crippen LogP contribution in [0.1, 0.15) is 96.8 Å². The van der Waals surface area contributed by atoms with Gasteiger partial charge in [0.2, 0.25) is 0 Å². The molecule has 0 aromatic carbocycles. The second-order valence-electron chi connectivity index (χ2n) is 6.36. The fourth-order valence-corrected chi connectivity index (χ4v) is 2.61. The third kappa shape index (κ3) is 21.2. The van der Waals surface area contributed by atoms with E-state index >= 15 is 0 Å². The highest BCUT2D eigenvalue weighted by atomic mass is 16.5. The summed E-state index contributed by atoms with van der Waals surface area (Å²) in [6.45, 7) is 3.31. The third-order valence-corrected chi connectivity index (χ3v) is 4.09. The van der Waals surface area contributed by atoms with E-state index < -0.39 is 0 Å². The van der Waals surface area contributed by atoms with Gasteiger partial charge >= 0.3 is 0 Å². The third-order valence-electron chi connectivity index (χ3n) is 4.09. The minimum Gasteiger partial charge on any atom is -0.502 e. The van der Waals surface area contributed by atoms with Gasteiger partial charge < -0.3 is 9.84 Å². The van der Waals surface area contributed by atoms with Gasteiger partial charge in [-0.25, -0.2) is 0 Å². The van der Waals surface area contributed by atoms with Crippen molar-refractivity contribution in [3.63, 3.8) is 0 Å². The molecule has 0 saturated carbocycles. The van der Waals surface area contributed by atoms with Crippen LogP contribution >= 0.6 is 0 Å². The van der Waals surface area contributed by atoms with Crippen LogP contribution in [0.25, 0.3) is 0 Å². The lowest BCUT2D eigenvalue weighted by Crippen LogP contribution is -1.88. The summed E-state index contributed by atoms with van der Waals surface area (Å²) in [4.78, 5) is 0. The van der Waals surface area contributed by atoms with Gasteiger partial charge in [0.25, 0.3) is 0 Å². The number of hydrogen-bond acceptors (Lipinski definition) is 2. The van der Waals surface area contributed by atoms with Gasteiger partial charge in [0.1, 0.15) is 0 Å². The SMILES string of the molecule is CC=CCCCCCCCCOC=CCCCCCCCCO. The zero-order chi connectivity index (χ0) is 16.8. The maximum atomic E-state index is 8.68. The molecule has 0 aliphatic carbocycles. The molecule has 136 valence electrons. The predicted octanol–water partition coefficient (Wildman–Crippen LogP) is 6.55. The van der Waals surface area contributed by atoms with Crippen LogP contribution < -0.4 is 0 Å². The number of aliphatic hydroxyl groups excluding tert-OH is 1. The Morgan fingerprint density at radius 2 is 1.17 bits per heavy atom. The Morgan fingerprint density at radius 3 is 1.78 bits per heavy atom. The summed E-state index contributed by atoms with van der Waals surface area (Å²) in [6, 6.07) is 0. The van der Waals surface area contributed by atoms with Crippen molar-refractivity contribution in [3.8, 4) is 0 Å². The van der Waals surface area contributed by atoms with E-state index in [4.69, 9.17) is 9.84 Å². The summed E-state index contributed by atoms with van der Waals surface area (Å²) in [6.07, 6.45) is 26.0. The zero-order valence-electron chi connectivity index (χ0n) is 15.5. The normalized spacial score (nSPS) is 11.7. The fraction of sp³-hybridized carbons (Fsp3) is 0.810. The quantitative estimate of drug-likeness (QED) is 0.176. The Balaban J connectivity index is 3.05. The molecule has 0 aliphatic rings. The maximum absolute atomic E-state index is 8.68. The number of hydrogen-bond donors (Lipinski definition) is 1. The van der Waals surface area contributed by atoms with Crippen LogP contribution in [-0.2, 0) is 4.74 Å². The van der Waals surface area contributed by atoms with Crippen molar-refractivity contribution in [1.29, 1.82) is 0 Å². The molecule has 1 N–H and O–H groups in total. The predicted molar refractivity (Wildman–Crippen MR) is 102 cm³/mol. The Morgan fingerprint density at radius 1 is 0.652 bits per heavy atom. The first kappa shape index (κ1) is 22.2. The van der Waals surface area contributed by atoms with Crippen LogP contribution in [0.2, 0.25) is 0 Å². The van der Waals surface area contributed by atoms with E-state index in [1.165, 1.54) is 77.0 Å². The van der Waals surface area contributed by atoms with Crippen molar-refractivity contribution in [2.45, 2.75) is 96.8 Å². The van der Waals surface area contributed by atoms with Crippen LogP contribution in [0.5, 0.6) is 0 Å². The highest BCUT2D eigenvalue weighted by molar-refractivity contribution is 4.76. The standard InChI is InChI=1S/C21H40O2/c1-2-3-4-5-6-8-11-14-17-20-23-21-18-15-12-9-7-10-13-16-19-22/h2-3,18,21-22H,4-17,19-20H2,1H3. The van der Waals surface area contributed by atoms with Gasteiger partial charge in [0.05, 0.1) is 12.9 Å². The van der Waals surface area contributed by atoms with Crippen LogP contribution in [0.3, 0.4) is 0 Å². The molecule has 2 nitrogen and oxygen atoms in total. The van der Waals surface area contributed by atoms with E-state index in [0.29, 0.717) is 6.61 Å². The summed E-state index contributed by atoms with van der Waals surface area (Å²) < 4.78 is 5.54. The number of allylic oxidation sites excluding steroid dienone is 3. The van der Waals surface area contributed by atoms with Crippen LogP contribution in [-0.4, -0.2) is 18.3 Å². The summed E-state index contributed by atoms with van der Waals surface area (Å²) in [7, 11) is 0. The second-order valence-corrected chi connectivity index (χ2v) is 6.36. The molecule has 0 bridgehead atoms. The molecule has 0 fully saturated rings. The average molecular weight is 325 g/mol. The molecule has 0 aromatic rings. The molecule has 0 aromatic heterocycles. The minimum absolute atomic E-state index is 0.344. The molecule has 0 saturated heterocycles. The highest BCUT2D eigenvalue weighted by Crippen LogP contribution is 2.09. The molecule has 0 spiro atoms. The number of unbranched alkanes of at least 4 members (excludes halogenated alkanes) is 12. The zero-order valence-corrected chi connectivity index (χ0v) is 15.5. The summed E-state index contributed by atoms with van der Waals surface area (Å²) in [5.41, 5.74) is 0. The van der Waals surface area contributed by atoms with Gasteiger partial charge in [-0.05, 0) is 51.5 Å². The van der Waals surface area contributed by atoms with Crippen LogP contribution in [0.15, 0.2) is 24.5 Å². The lowest BCUT2D eigenvalue weighted by atomic mass is 10.1. The Bertz CT molecular complexity index is 259. The molecule has 23 heavy (non-hydrogen) atoms. The Labute approximate surface area is 145 Å². The molecule has 0 unspecified atom stereocenters. The van der Waals surface area contributed by atoms with Crippen LogP contribution in [0, 0.1) is 0 Å². The summed E-state index contributed by atoms with van der Waals surface area (Å²) in [5.74, 6) is 0. The van der Waals surface area contributed by atoms with E-state index in [0.717, 1.165) is 19.4 Å². The number of rotatable bonds is 18. The van der Waals surface area contributed by atoms with Crippen molar-refractivity contribution >= 4 is 0 Å². The van der Waals surface area contributed by atoms with Gasteiger partial charge in [-0.2, -0.15) is 0 Å². The average Bonchev–Trinajstić information content (AvgIpc) is 2.57.